The van der Waals surface area contributed by atoms with Gasteiger partial charge < -0.3 is 9.90 Å². The molecule has 0 aromatic rings. The maximum absolute atomic E-state index is 10.7. The Kier molecular flexibility index (Phi) is 4.85. The second-order valence-electron chi connectivity index (χ2n) is 3.70. The van der Waals surface area contributed by atoms with Gasteiger partial charge in [-0.2, -0.15) is 11.8 Å². The van der Waals surface area contributed by atoms with Crippen molar-refractivity contribution in [3.63, 3.8) is 0 Å². The van der Waals surface area contributed by atoms with Gasteiger partial charge in [0.2, 0.25) is 0 Å². The van der Waals surface area contributed by atoms with Crippen LogP contribution in [-0.4, -0.2) is 41.0 Å². The number of rotatable bonds is 2. The molecule has 5 heteroatoms. The van der Waals surface area contributed by atoms with Crippen LogP contribution in [0.3, 0.4) is 0 Å². The molecule has 2 heterocycles. The Labute approximate surface area is 101 Å². The molecule has 0 saturated carbocycles. The van der Waals surface area contributed by atoms with Gasteiger partial charge in [-0.15, -0.1) is 0 Å². The number of hydrogen-bond donors (Lipinski definition) is 0. The summed E-state index contributed by atoms with van der Waals surface area (Å²) in [6.45, 7) is 0.952. The number of nitrogens with zero attached hydrogens (tertiary/aromatic N) is 1. The Hall–Kier alpha value is 0.377. The van der Waals surface area contributed by atoms with Gasteiger partial charge in [-0.25, -0.2) is 0 Å². The third-order valence-corrected chi connectivity index (χ3v) is 4.04. The number of aliphatic carboxylic acids is 1. The van der Waals surface area contributed by atoms with E-state index in [1.54, 1.807) is 0 Å². The summed E-state index contributed by atoms with van der Waals surface area (Å²) < 4.78 is 0. The number of carbonyl (C=O) groups is 1. The van der Waals surface area contributed by atoms with Crippen LogP contribution in [-0.2, 0) is 4.79 Å². The number of thioether (sulfide) groups is 1. The average molecular weight is 207 g/mol. The molecule has 0 aromatic heterocycles. The summed E-state index contributed by atoms with van der Waals surface area (Å²) >= 11 is 1.97. The molecule has 1 atom stereocenters. The number of carboxylic acid groups (broad SMARTS) is 1. The van der Waals surface area contributed by atoms with E-state index in [1.165, 1.54) is 11.5 Å². The summed E-state index contributed by atoms with van der Waals surface area (Å²) in [7, 11) is 0. The molecule has 1 unspecified atom stereocenters. The van der Waals surface area contributed by atoms with E-state index in [9.17, 15) is 9.90 Å². The fraction of sp³-hybridized carbons (Fsp3) is 0.889. The molecule has 2 fully saturated rings. The topological polar surface area (TPSA) is 43.4 Å². The van der Waals surface area contributed by atoms with Crippen LogP contribution >= 0.6 is 11.8 Å². The van der Waals surface area contributed by atoms with E-state index in [4.69, 9.17) is 0 Å². The van der Waals surface area contributed by atoms with E-state index in [1.807, 2.05) is 11.8 Å². The summed E-state index contributed by atoms with van der Waals surface area (Å²) in [4.78, 5) is 12.8. The molecule has 0 amide bonds. The minimum absolute atomic E-state index is 0. The predicted octanol–water partition coefficient (Wildman–Crippen LogP) is -3.29. The molecule has 2 rings (SSSR count). The first kappa shape index (κ1) is 12.4. The van der Waals surface area contributed by atoms with Crippen molar-refractivity contribution in [1.82, 2.24) is 4.90 Å². The molecule has 74 valence electrons. The van der Waals surface area contributed by atoms with E-state index >= 15 is 0 Å². The third kappa shape index (κ3) is 2.49. The molecular weight excluding hydrogens is 193 g/mol. The van der Waals surface area contributed by atoms with Crippen molar-refractivity contribution < 1.29 is 28.8 Å². The van der Waals surface area contributed by atoms with Crippen molar-refractivity contribution >= 4 is 17.7 Å². The van der Waals surface area contributed by atoms with E-state index in [2.05, 4.69) is 4.90 Å². The summed E-state index contributed by atoms with van der Waals surface area (Å²) in [6.07, 6.45) is 3.08. The second-order valence-corrected chi connectivity index (χ2v) is 4.93. The van der Waals surface area contributed by atoms with Gasteiger partial charge in [0.15, 0.2) is 0 Å². The first-order chi connectivity index (χ1) is 6.29. The summed E-state index contributed by atoms with van der Waals surface area (Å²) in [5, 5.41) is 10.7. The van der Waals surface area contributed by atoms with E-state index < -0.39 is 5.97 Å². The van der Waals surface area contributed by atoms with E-state index in [0.29, 0.717) is 6.04 Å². The van der Waals surface area contributed by atoms with Gasteiger partial charge in [0.1, 0.15) is 0 Å². The van der Waals surface area contributed by atoms with Crippen molar-refractivity contribution in [3.8, 4) is 0 Å². The molecule has 3 nitrogen and oxygen atoms in total. The zero-order chi connectivity index (χ0) is 9.26. The molecule has 0 bridgehead atoms. The van der Waals surface area contributed by atoms with Gasteiger partial charge in [0.25, 0.3) is 0 Å². The molecule has 0 radical (unpaired) electrons. The SMILES string of the molecule is O=C([O-])C1CCN1C1CCSCC1.[Li+]. The summed E-state index contributed by atoms with van der Waals surface area (Å²) in [5.41, 5.74) is 0. The summed E-state index contributed by atoms with van der Waals surface area (Å²) in [6, 6.07) is 0.228. The van der Waals surface area contributed by atoms with E-state index in [-0.39, 0.29) is 24.9 Å². The number of hydrogen-bond acceptors (Lipinski definition) is 4. The maximum Gasteiger partial charge on any atom is 1.00 e. The Morgan fingerprint density at radius 2 is 1.93 bits per heavy atom. The zero-order valence-electron chi connectivity index (χ0n) is 8.57. The number of likely N-dealkylation sites (tertiary alicyclic amines) is 1. The largest absolute Gasteiger partial charge is 1.00 e. The van der Waals surface area contributed by atoms with Crippen LogP contribution < -0.4 is 24.0 Å². The van der Waals surface area contributed by atoms with Crippen LogP contribution in [0.25, 0.3) is 0 Å². The molecule has 2 aliphatic heterocycles. The first-order valence-electron chi connectivity index (χ1n) is 4.83. The van der Waals surface area contributed by atoms with E-state index in [0.717, 1.165) is 25.8 Å². The molecule has 0 spiro atoms. The maximum atomic E-state index is 10.7. The third-order valence-electron chi connectivity index (χ3n) is 2.99. The van der Waals surface area contributed by atoms with Crippen LogP contribution in [0.2, 0.25) is 0 Å². The normalized spacial score (nSPS) is 29.0. The van der Waals surface area contributed by atoms with Gasteiger partial charge in [-0.3, -0.25) is 4.90 Å². The van der Waals surface area contributed by atoms with Crippen LogP contribution in [0.15, 0.2) is 0 Å². The van der Waals surface area contributed by atoms with Crippen LogP contribution in [0, 0.1) is 0 Å². The Morgan fingerprint density at radius 3 is 2.36 bits per heavy atom. The predicted molar refractivity (Wildman–Crippen MR) is 50.5 cm³/mol. The number of carboxylic acids is 1. The van der Waals surface area contributed by atoms with Crippen molar-refractivity contribution in [2.75, 3.05) is 18.1 Å². The molecule has 2 aliphatic rings. The van der Waals surface area contributed by atoms with Crippen molar-refractivity contribution in [2.24, 2.45) is 0 Å². The minimum Gasteiger partial charge on any atom is -0.548 e. The summed E-state index contributed by atoms with van der Waals surface area (Å²) in [5.74, 6) is 1.48. The fourth-order valence-electron chi connectivity index (χ4n) is 2.11. The molecule has 2 saturated heterocycles. The van der Waals surface area contributed by atoms with Gasteiger partial charge >= 0.3 is 18.9 Å². The Balaban J connectivity index is 0.000000980. The van der Waals surface area contributed by atoms with Gasteiger partial charge in [0.05, 0.1) is 12.0 Å². The standard InChI is InChI=1S/C9H15NO2S.Li/c11-9(12)8-1-4-10(8)7-2-5-13-6-3-7;/h7-8H,1-6H2,(H,11,12);/q;+1/p-1. The second kappa shape index (κ2) is 5.46. The Morgan fingerprint density at radius 1 is 1.29 bits per heavy atom. The van der Waals surface area contributed by atoms with Crippen molar-refractivity contribution in [3.05, 3.63) is 0 Å². The van der Waals surface area contributed by atoms with Gasteiger partial charge in [-0.05, 0) is 30.8 Å². The Bertz CT molecular complexity index is 209. The fourth-order valence-corrected chi connectivity index (χ4v) is 3.20. The number of carbonyl (C=O) groups excluding carboxylic acids is 1. The first-order valence-corrected chi connectivity index (χ1v) is 5.99. The van der Waals surface area contributed by atoms with Crippen LogP contribution in [0.4, 0.5) is 0 Å². The molecule has 0 aromatic carbocycles. The smallest absolute Gasteiger partial charge is 0.548 e. The monoisotopic (exact) mass is 207 g/mol. The molecular formula is C9H14LiNO2S. The van der Waals surface area contributed by atoms with Crippen LogP contribution in [0.1, 0.15) is 19.3 Å². The molecule has 14 heavy (non-hydrogen) atoms. The van der Waals surface area contributed by atoms with Crippen LogP contribution in [0.5, 0.6) is 0 Å². The van der Waals surface area contributed by atoms with Gasteiger partial charge in [-0.1, -0.05) is 0 Å². The minimum atomic E-state index is -0.885. The van der Waals surface area contributed by atoms with Crippen molar-refractivity contribution in [2.45, 2.75) is 31.3 Å². The average Bonchev–Trinajstić information content (AvgIpc) is 2.02. The van der Waals surface area contributed by atoms with Gasteiger partial charge in [0, 0.05) is 12.6 Å². The van der Waals surface area contributed by atoms with Crippen molar-refractivity contribution in [1.29, 1.82) is 0 Å². The molecule has 0 aliphatic carbocycles. The zero-order valence-corrected chi connectivity index (χ0v) is 9.39. The quantitative estimate of drug-likeness (QED) is 0.445. The molecule has 0 N–H and O–H groups in total.